The van der Waals surface area contributed by atoms with Gasteiger partial charge in [0.2, 0.25) is 11.7 Å². The molecule has 1 aromatic heterocycles. The molecule has 0 unspecified atom stereocenters. The average molecular weight is 381 g/mol. The summed E-state index contributed by atoms with van der Waals surface area (Å²) in [6.45, 7) is 3.51. The van der Waals surface area contributed by atoms with Gasteiger partial charge in [-0.1, -0.05) is 17.7 Å². The molecule has 0 saturated carbocycles. The zero-order valence-electron chi connectivity index (χ0n) is 15.8. The highest BCUT2D eigenvalue weighted by Crippen LogP contribution is 2.12. The molecule has 0 bridgehead atoms. The van der Waals surface area contributed by atoms with E-state index in [1.54, 1.807) is 31.2 Å². The van der Waals surface area contributed by atoms with E-state index in [2.05, 4.69) is 15.4 Å². The van der Waals surface area contributed by atoms with Gasteiger partial charge in [-0.25, -0.2) is 14.1 Å². The molecule has 8 heteroatoms. The van der Waals surface area contributed by atoms with Crippen LogP contribution in [0.4, 0.5) is 10.1 Å². The molecule has 144 valence electrons. The fourth-order valence-corrected chi connectivity index (χ4v) is 2.60. The van der Waals surface area contributed by atoms with E-state index in [4.69, 9.17) is 0 Å². The summed E-state index contributed by atoms with van der Waals surface area (Å²) in [4.78, 5) is 30.2. The van der Waals surface area contributed by atoms with Gasteiger partial charge in [-0.2, -0.15) is 0 Å². The minimum Gasteiger partial charge on any atom is -0.330 e. The third-order valence-corrected chi connectivity index (χ3v) is 4.09. The van der Waals surface area contributed by atoms with Crippen LogP contribution in [0.1, 0.15) is 22.0 Å². The number of aromatic nitrogens is 3. The summed E-state index contributed by atoms with van der Waals surface area (Å²) < 4.78 is 14.5. The third kappa shape index (κ3) is 4.40. The van der Waals surface area contributed by atoms with Gasteiger partial charge < -0.3 is 10.2 Å². The number of benzene rings is 2. The van der Waals surface area contributed by atoms with E-state index in [0.29, 0.717) is 17.2 Å². The summed E-state index contributed by atoms with van der Waals surface area (Å²) in [5.74, 6) is -0.727. The Balaban J connectivity index is 1.67. The summed E-state index contributed by atoms with van der Waals surface area (Å²) >= 11 is 0. The maximum atomic E-state index is 13.1. The number of aryl methyl sites for hydroxylation is 2. The molecule has 0 aliphatic carbocycles. The van der Waals surface area contributed by atoms with Crippen molar-refractivity contribution in [3.63, 3.8) is 0 Å². The maximum Gasteiger partial charge on any atom is 0.293 e. The van der Waals surface area contributed by atoms with Crippen molar-refractivity contribution in [2.24, 2.45) is 0 Å². The molecule has 0 spiro atoms. The minimum atomic E-state index is -0.483. The first-order chi connectivity index (χ1) is 13.3. The molecule has 0 fully saturated rings. The number of nitrogens with zero attached hydrogens (tertiary/aromatic N) is 4. The van der Waals surface area contributed by atoms with Crippen molar-refractivity contribution in [2.45, 2.75) is 13.8 Å². The van der Waals surface area contributed by atoms with Crippen LogP contribution in [0, 0.1) is 19.7 Å². The van der Waals surface area contributed by atoms with Gasteiger partial charge in [0, 0.05) is 12.7 Å². The summed E-state index contributed by atoms with van der Waals surface area (Å²) in [5.41, 5.74) is 2.33. The van der Waals surface area contributed by atoms with Crippen LogP contribution in [0.5, 0.6) is 0 Å². The smallest absolute Gasteiger partial charge is 0.293 e. The largest absolute Gasteiger partial charge is 0.330 e. The highest BCUT2D eigenvalue weighted by Gasteiger charge is 2.21. The van der Waals surface area contributed by atoms with Gasteiger partial charge in [0.1, 0.15) is 11.6 Å². The summed E-state index contributed by atoms with van der Waals surface area (Å²) in [5, 5.41) is 6.93. The lowest BCUT2D eigenvalue weighted by Gasteiger charge is -2.15. The molecule has 2 aromatic carbocycles. The Labute approximate surface area is 161 Å². The summed E-state index contributed by atoms with van der Waals surface area (Å²) in [6.07, 6.45) is 0. The van der Waals surface area contributed by atoms with Crippen LogP contribution in [0.2, 0.25) is 0 Å². The second kappa shape index (κ2) is 7.99. The zero-order valence-corrected chi connectivity index (χ0v) is 15.8. The summed E-state index contributed by atoms with van der Waals surface area (Å²) in [6, 6.07) is 13.1. The SMILES string of the molecule is Cc1ccc(NC(=O)CN(C)C(=O)c2nc(C)n(-c3ccc(F)cc3)n2)cc1. The Hall–Kier alpha value is -3.55. The molecular formula is C20H20FN5O2. The number of carbonyl (C=O) groups excluding carboxylic acids is 2. The van der Waals surface area contributed by atoms with Crippen molar-refractivity contribution in [3.05, 3.63) is 71.6 Å². The van der Waals surface area contributed by atoms with Crippen molar-refractivity contribution in [3.8, 4) is 5.69 Å². The number of amides is 2. The summed E-state index contributed by atoms with van der Waals surface area (Å²) in [7, 11) is 1.50. The lowest BCUT2D eigenvalue weighted by Crippen LogP contribution is -2.35. The van der Waals surface area contributed by atoms with Crippen molar-refractivity contribution in [2.75, 3.05) is 18.9 Å². The number of nitrogens with one attached hydrogen (secondary N) is 1. The highest BCUT2D eigenvalue weighted by atomic mass is 19.1. The van der Waals surface area contributed by atoms with E-state index in [0.717, 1.165) is 5.56 Å². The molecule has 0 aliphatic rings. The maximum absolute atomic E-state index is 13.1. The molecule has 0 saturated heterocycles. The Morgan fingerprint density at radius 3 is 2.36 bits per heavy atom. The normalized spacial score (nSPS) is 10.6. The first-order valence-corrected chi connectivity index (χ1v) is 8.65. The van der Waals surface area contributed by atoms with Gasteiger partial charge in [0.05, 0.1) is 12.2 Å². The average Bonchev–Trinajstić information content (AvgIpc) is 3.05. The fraction of sp³-hybridized carbons (Fsp3) is 0.200. The molecular weight excluding hydrogens is 361 g/mol. The topological polar surface area (TPSA) is 80.1 Å². The molecule has 0 atom stereocenters. The Morgan fingerprint density at radius 1 is 1.07 bits per heavy atom. The third-order valence-electron chi connectivity index (χ3n) is 4.09. The predicted molar refractivity (Wildman–Crippen MR) is 103 cm³/mol. The monoisotopic (exact) mass is 381 g/mol. The lowest BCUT2D eigenvalue weighted by atomic mass is 10.2. The van der Waals surface area contributed by atoms with E-state index in [1.807, 2.05) is 19.1 Å². The van der Waals surface area contributed by atoms with Crippen molar-refractivity contribution < 1.29 is 14.0 Å². The van der Waals surface area contributed by atoms with E-state index in [9.17, 15) is 14.0 Å². The second-order valence-corrected chi connectivity index (χ2v) is 6.45. The highest BCUT2D eigenvalue weighted by molar-refractivity contribution is 5.97. The van der Waals surface area contributed by atoms with Crippen LogP contribution in [-0.4, -0.2) is 45.1 Å². The number of hydrogen-bond donors (Lipinski definition) is 1. The van der Waals surface area contributed by atoms with Crippen molar-refractivity contribution >= 4 is 17.5 Å². The number of anilines is 1. The molecule has 28 heavy (non-hydrogen) atoms. The van der Waals surface area contributed by atoms with Gasteiger partial charge in [0.15, 0.2) is 0 Å². The van der Waals surface area contributed by atoms with Gasteiger partial charge in [-0.15, -0.1) is 5.10 Å². The van der Waals surface area contributed by atoms with E-state index in [1.165, 1.54) is 28.8 Å². The fourth-order valence-electron chi connectivity index (χ4n) is 2.60. The second-order valence-electron chi connectivity index (χ2n) is 6.45. The molecule has 7 nitrogen and oxygen atoms in total. The van der Waals surface area contributed by atoms with Crippen LogP contribution < -0.4 is 5.32 Å². The van der Waals surface area contributed by atoms with Crippen molar-refractivity contribution in [1.82, 2.24) is 19.7 Å². The van der Waals surface area contributed by atoms with Gasteiger partial charge in [-0.05, 0) is 50.2 Å². The molecule has 3 aromatic rings. The van der Waals surface area contributed by atoms with E-state index < -0.39 is 5.91 Å². The Kier molecular flexibility index (Phi) is 5.49. The number of carbonyl (C=O) groups is 2. The molecule has 0 aliphatic heterocycles. The quantitative estimate of drug-likeness (QED) is 0.737. The van der Waals surface area contributed by atoms with Gasteiger partial charge in [0.25, 0.3) is 5.91 Å². The molecule has 3 rings (SSSR count). The Bertz CT molecular complexity index is 996. The molecule has 0 radical (unpaired) electrons. The first-order valence-electron chi connectivity index (χ1n) is 8.65. The van der Waals surface area contributed by atoms with E-state index >= 15 is 0 Å². The molecule has 2 amide bonds. The Morgan fingerprint density at radius 2 is 1.71 bits per heavy atom. The van der Waals surface area contributed by atoms with Crippen molar-refractivity contribution in [1.29, 1.82) is 0 Å². The standard InChI is InChI=1S/C20H20FN5O2/c1-13-4-8-16(9-5-13)23-18(27)12-25(3)20(28)19-22-14(2)26(24-19)17-10-6-15(21)7-11-17/h4-11H,12H2,1-3H3,(H,23,27). The number of likely N-dealkylation sites (N-methyl/N-ethyl adjacent to an activating group) is 1. The zero-order chi connectivity index (χ0) is 20.3. The van der Waals surface area contributed by atoms with Crippen LogP contribution in [0.3, 0.4) is 0 Å². The first kappa shape index (κ1) is 19.2. The predicted octanol–water partition coefficient (Wildman–Crippen LogP) is 2.73. The van der Waals surface area contributed by atoms with Gasteiger partial charge in [-0.3, -0.25) is 9.59 Å². The van der Waals surface area contributed by atoms with Crippen LogP contribution in [-0.2, 0) is 4.79 Å². The molecule has 1 heterocycles. The number of rotatable bonds is 5. The lowest BCUT2D eigenvalue weighted by molar-refractivity contribution is -0.116. The van der Waals surface area contributed by atoms with Gasteiger partial charge >= 0.3 is 0 Å². The number of hydrogen-bond acceptors (Lipinski definition) is 4. The number of halogens is 1. The molecule has 1 N–H and O–H groups in total. The minimum absolute atomic E-state index is 0.0348. The van der Waals surface area contributed by atoms with E-state index in [-0.39, 0.29) is 24.1 Å². The van der Waals surface area contributed by atoms with Crippen LogP contribution >= 0.6 is 0 Å². The van der Waals surface area contributed by atoms with Crippen LogP contribution in [0.15, 0.2) is 48.5 Å². The van der Waals surface area contributed by atoms with Crippen LogP contribution in [0.25, 0.3) is 5.69 Å².